The van der Waals surface area contributed by atoms with E-state index in [1.165, 1.54) is 13.8 Å². The molecule has 0 aliphatic carbocycles. The topological polar surface area (TPSA) is 252 Å². The number of hydrogen-bond donors (Lipinski definition) is 9. The Morgan fingerprint density at radius 2 is 1.59 bits per heavy atom. The largest absolute Gasteiger partial charge is 0.481 e. The maximum Gasteiger partial charge on any atom is 0.328 e. The lowest BCUT2D eigenvalue weighted by atomic mass is 10.00. The molecule has 15 nitrogen and oxygen atoms in total. The third kappa shape index (κ3) is 8.43. The summed E-state index contributed by atoms with van der Waals surface area (Å²) in [5.74, 6) is -4.74. The third-order valence-corrected chi connectivity index (χ3v) is 5.16. The normalized spacial score (nSPS) is 28.3. The summed E-state index contributed by atoms with van der Waals surface area (Å²) in [7, 11) is 0. The molecular formula is C19H32N2O13. The van der Waals surface area contributed by atoms with Gasteiger partial charge in [-0.2, -0.15) is 0 Å². The average Bonchev–Trinajstić information content (AvgIpc) is 2.76. The van der Waals surface area contributed by atoms with Crippen molar-refractivity contribution in [1.29, 1.82) is 0 Å². The molecule has 1 aliphatic rings. The van der Waals surface area contributed by atoms with Crippen molar-refractivity contribution in [2.45, 2.75) is 88.1 Å². The van der Waals surface area contributed by atoms with Gasteiger partial charge in [0.1, 0.15) is 30.5 Å². The molecular weight excluding hydrogens is 464 g/mol. The van der Waals surface area contributed by atoms with Gasteiger partial charge in [0.2, 0.25) is 11.8 Å². The number of aliphatic carboxylic acids is 2. The minimum Gasteiger partial charge on any atom is -0.481 e. The van der Waals surface area contributed by atoms with Crippen molar-refractivity contribution in [2.75, 3.05) is 6.61 Å². The van der Waals surface area contributed by atoms with Crippen LogP contribution in [0.5, 0.6) is 0 Å². The number of aliphatic hydroxyl groups excluding tert-OH is 5. The fraction of sp³-hybridized carbons (Fsp3) is 0.789. The maximum absolute atomic E-state index is 12.6. The summed E-state index contributed by atoms with van der Waals surface area (Å²) in [4.78, 5) is 46.9. The molecule has 1 rings (SSSR count). The molecule has 1 heterocycles. The molecule has 9 atom stereocenters. The lowest BCUT2D eigenvalue weighted by molar-refractivity contribution is -0.304. The number of aliphatic hydroxyl groups is 5. The number of carbonyl (C=O) groups is 4. The van der Waals surface area contributed by atoms with Gasteiger partial charge < -0.3 is 55.9 Å². The fourth-order valence-electron chi connectivity index (χ4n) is 3.13. The van der Waals surface area contributed by atoms with E-state index in [2.05, 4.69) is 10.6 Å². The zero-order valence-electron chi connectivity index (χ0n) is 18.6. The molecule has 2 amide bonds. The van der Waals surface area contributed by atoms with Crippen LogP contribution in [0.4, 0.5) is 0 Å². The lowest BCUT2D eigenvalue weighted by Crippen LogP contribution is -2.61. The van der Waals surface area contributed by atoms with Gasteiger partial charge in [-0.15, -0.1) is 0 Å². The molecule has 1 unspecified atom stereocenters. The van der Waals surface area contributed by atoms with Gasteiger partial charge in [-0.3, -0.25) is 14.4 Å². The van der Waals surface area contributed by atoms with Crippen LogP contribution in [-0.4, -0.2) is 121 Å². The first-order valence-corrected chi connectivity index (χ1v) is 10.5. The summed E-state index contributed by atoms with van der Waals surface area (Å²) in [6.07, 6.45) is -11.2. The fourth-order valence-corrected chi connectivity index (χ4v) is 3.13. The Kier molecular flexibility index (Phi) is 11.7. The Morgan fingerprint density at radius 1 is 0.971 bits per heavy atom. The molecule has 34 heavy (non-hydrogen) atoms. The SMILES string of the molecule is C[C@@H]1O[C@@H](O[C@H](C)[C@H](NC(=O)[C@@H](NC(=O)CCCC(=O)O)C(O)CO)C(=O)O)[C@@H](O)[C@H](O)[C@@H]1O. The Labute approximate surface area is 194 Å². The first kappa shape index (κ1) is 29.6. The highest BCUT2D eigenvalue weighted by Gasteiger charge is 2.44. The van der Waals surface area contributed by atoms with Gasteiger partial charge in [0.15, 0.2) is 12.3 Å². The number of ether oxygens (including phenoxy) is 2. The van der Waals surface area contributed by atoms with Crippen LogP contribution in [0.2, 0.25) is 0 Å². The standard InChI is InChI=1S/C19H32N2O13/c1-7(33-19-16(29)15(28)14(27)8(2)34-19)12(18(31)32)21-17(30)13(9(23)6-22)20-10(24)4-3-5-11(25)26/h7-9,12-16,19,22-23,27-29H,3-6H2,1-2H3,(H,20,24)(H,21,30)(H,25,26)(H,31,32)/t7-,8+,9?,12+,13+,14-,15-,16+,19-/m1/s1. The Morgan fingerprint density at radius 3 is 2.12 bits per heavy atom. The highest BCUT2D eigenvalue weighted by Crippen LogP contribution is 2.23. The number of nitrogens with one attached hydrogen (secondary N) is 2. The van der Waals surface area contributed by atoms with Gasteiger partial charge in [-0.1, -0.05) is 0 Å². The van der Waals surface area contributed by atoms with Crippen LogP contribution in [0.15, 0.2) is 0 Å². The zero-order chi connectivity index (χ0) is 26.2. The molecule has 0 aromatic carbocycles. The number of amides is 2. The van der Waals surface area contributed by atoms with Crippen LogP contribution in [0.1, 0.15) is 33.1 Å². The van der Waals surface area contributed by atoms with Crippen LogP contribution in [0, 0.1) is 0 Å². The van der Waals surface area contributed by atoms with E-state index in [9.17, 15) is 49.8 Å². The molecule has 15 heteroatoms. The van der Waals surface area contributed by atoms with Gasteiger partial charge in [0.25, 0.3) is 0 Å². The van der Waals surface area contributed by atoms with Gasteiger partial charge >= 0.3 is 11.9 Å². The van der Waals surface area contributed by atoms with Crippen LogP contribution < -0.4 is 10.6 Å². The van der Waals surface area contributed by atoms with E-state index in [1.807, 2.05) is 0 Å². The van der Waals surface area contributed by atoms with E-state index < -0.39 is 85.4 Å². The summed E-state index contributed by atoms with van der Waals surface area (Å²) in [6.45, 7) is 1.63. The second-order valence-corrected chi connectivity index (χ2v) is 7.89. The number of carboxylic acids is 2. The number of hydrogen-bond acceptors (Lipinski definition) is 11. The average molecular weight is 496 g/mol. The van der Waals surface area contributed by atoms with Crippen molar-refractivity contribution >= 4 is 23.8 Å². The smallest absolute Gasteiger partial charge is 0.328 e. The van der Waals surface area contributed by atoms with Crippen LogP contribution in [0.3, 0.4) is 0 Å². The summed E-state index contributed by atoms with van der Waals surface area (Å²) in [5.41, 5.74) is 0. The Bertz CT molecular complexity index is 720. The molecule has 0 spiro atoms. The van der Waals surface area contributed by atoms with E-state index >= 15 is 0 Å². The van der Waals surface area contributed by atoms with Crippen LogP contribution in [0.25, 0.3) is 0 Å². The monoisotopic (exact) mass is 496 g/mol. The first-order valence-electron chi connectivity index (χ1n) is 10.5. The minimum absolute atomic E-state index is 0.0595. The van der Waals surface area contributed by atoms with Gasteiger partial charge in [0.05, 0.1) is 18.8 Å². The van der Waals surface area contributed by atoms with Crippen LogP contribution >= 0.6 is 0 Å². The Balaban J connectivity index is 2.87. The van der Waals surface area contributed by atoms with E-state index in [0.29, 0.717) is 0 Å². The predicted octanol–water partition coefficient (Wildman–Crippen LogP) is -4.12. The maximum atomic E-state index is 12.6. The van der Waals surface area contributed by atoms with Crippen LogP contribution in [-0.2, 0) is 28.7 Å². The van der Waals surface area contributed by atoms with Gasteiger partial charge in [0, 0.05) is 12.8 Å². The quantitative estimate of drug-likeness (QED) is 0.118. The third-order valence-electron chi connectivity index (χ3n) is 5.16. The molecule has 9 N–H and O–H groups in total. The molecule has 0 bridgehead atoms. The van der Waals surface area contributed by atoms with Crippen molar-refractivity contribution in [3.8, 4) is 0 Å². The van der Waals surface area contributed by atoms with Crippen molar-refractivity contribution in [2.24, 2.45) is 0 Å². The highest BCUT2D eigenvalue weighted by atomic mass is 16.7. The van der Waals surface area contributed by atoms with Gasteiger partial charge in [-0.05, 0) is 20.3 Å². The second kappa shape index (κ2) is 13.5. The van der Waals surface area contributed by atoms with Crippen molar-refractivity contribution in [3.63, 3.8) is 0 Å². The molecule has 0 aromatic rings. The molecule has 1 aliphatic heterocycles. The van der Waals surface area contributed by atoms with Crippen molar-refractivity contribution in [3.05, 3.63) is 0 Å². The summed E-state index contributed by atoms with van der Waals surface area (Å²) in [6, 6.07) is -3.57. The number of carboxylic acid groups (broad SMARTS) is 2. The lowest BCUT2D eigenvalue weighted by Gasteiger charge is -2.40. The Hall–Kier alpha value is -2.40. The summed E-state index contributed by atoms with van der Waals surface area (Å²) >= 11 is 0. The molecule has 0 radical (unpaired) electrons. The molecule has 0 saturated carbocycles. The molecule has 196 valence electrons. The summed E-state index contributed by atoms with van der Waals surface area (Å²) < 4.78 is 10.6. The first-order chi connectivity index (χ1) is 15.8. The van der Waals surface area contributed by atoms with Crippen molar-refractivity contribution < 1.29 is 64.4 Å². The van der Waals surface area contributed by atoms with E-state index in [0.717, 1.165) is 0 Å². The minimum atomic E-state index is -1.81. The predicted molar refractivity (Wildman–Crippen MR) is 109 cm³/mol. The van der Waals surface area contributed by atoms with E-state index in [-0.39, 0.29) is 19.3 Å². The van der Waals surface area contributed by atoms with Crippen molar-refractivity contribution in [1.82, 2.24) is 10.6 Å². The number of carbonyl (C=O) groups excluding carboxylic acids is 2. The number of rotatable bonds is 13. The molecule has 1 saturated heterocycles. The van der Waals surface area contributed by atoms with E-state index in [1.54, 1.807) is 0 Å². The van der Waals surface area contributed by atoms with Gasteiger partial charge in [-0.25, -0.2) is 4.79 Å². The second-order valence-electron chi connectivity index (χ2n) is 7.89. The summed E-state index contributed by atoms with van der Waals surface area (Å²) in [5, 5.41) is 71.0. The molecule has 0 aromatic heterocycles. The highest BCUT2D eigenvalue weighted by molar-refractivity contribution is 5.91. The molecule has 1 fully saturated rings. The van der Waals surface area contributed by atoms with E-state index in [4.69, 9.17) is 14.6 Å². The zero-order valence-corrected chi connectivity index (χ0v) is 18.6.